The highest BCUT2D eigenvalue weighted by Crippen LogP contribution is 2.21. The van der Waals surface area contributed by atoms with Crippen LogP contribution in [0.1, 0.15) is 13.8 Å². The lowest BCUT2D eigenvalue weighted by Gasteiger charge is -2.37. The third-order valence-electron chi connectivity index (χ3n) is 3.16. The van der Waals surface area contributed by atoms with Crippen molar-refractivity contribution >= 4 is 15.9 Å². The van der Waals surface area contributed by atoms with Crippen LogP contribution in [0, 0.1) is 0 Å². The summed E-state index contributed by atoms with van der Waals surface area (Å²) >= 11 is 0. The van der Waals surface area contributed by atoms with E-state index in [0.717, 1.165) is 0 Å². The van der Waals surface area contributed by atoms with Crippen molar-refractivity contribution in [1.82, 2.24) is 15.5 Å². The third-order valence-corrected chi connectivity index (χ3v) is 4.87. The predicted octanol–water partition coefficient (Wildman–Crippen LogP) is -0.825. The molecule has 7 heteroatoms. The van der Waals surface area contributed by atoms with Crippen molar-refractivity contribution in [2.75, 3.05) is 24.6 Å². The fraction of sp³-hybridized carbons (Fsp3) is 0.900. The zero-order valence-electron chi connectivity index (χ0n) is 10.1. The molecular weight excluding hydrogens is 242 g/mol. The van der Waals surface area contributed by atoms with Crippen LogP contribution in [0.2, 0.25) is 0 Å². The number of piperazine rings is 1. The van der Waals surface area contributed by atoms with E-state index in [-0.39, 0.29) is 35.7 Å². The van der Waals surface area contributed by atoms with Crippen LogP contribution in [0.3, 0.4) is 0 Å². The first-order valence-corrected chi connectivity index (χ1v) is 7.72. The number of urea groups is 1. The molecule has 0 aromatic heterocycles. The molecule has 2 atom stereocenters. The summed E-state index contributed by atoms with van der Waals surface area (Å²) < 4.78 is 23.2. The SMILES string of the molecule is CC(C)NC(=O)N1CCN[C@@H]2CS(=O)(=O)C[C@@H]21. The first kappa shape index (κ1) is 12.6. The minimum atomic E-state index is -3.01. The van der Waals surface area contributed by atoms with Gasteiger partial charge in [-0.15, -0.1) is 0 Å². The van der Waals surface area contributed by atoms with Crippen LogP contribution in [0.25, 0.3) is 0 Å². The van der Waals surface area contributed by atoms with E-state index in [1.54, 1.807) is 4.90 Å². The van der Waals surface area contributed by atoms with Crippen molar-refractivity contribution < 1.29 is 13.2 Å². The molecular formula is C10H19N3O3S. The lowest BCUT2D eigenvalue weighted by molar-refractivity contribution is 0.149. The highest BCUT2D eigenvalue weighted by Gasteiger charge is 2.44. The van der Waals surface area contributed by atoms with Crippen molar-refractivity contribution in [1.29, 1.82) is 0 Å². The molecule has 0 aromatic rings. The number of fused-ring (bicyclic) bond motifs is 1. The number of nitrogens with one attached hydrogen (secondary N) is 2. The number of rotatable bonds is 1. The van der Waals surface area contributed by atoms with Gasteiger partial charge in [0.25, 0.3) is 0 Å². The van der Waals surface area contributed by atoms with Crippen LogP contribution in [0.4, 0.5) is 4.79 Å². The maximum atomic E-state index is 12.0. The summed E-state index contributed by atoms with van der Waals surface area (Å²) in [5.41, 5.74) is 0. The number of carbonyl (C=O) groups excluding carboxylic acids is 1. The summed E-state index contributed by atoms with van der Waals surface area (Å²) in [7, 11) is -3.01. The molecule has 2 rings (SSSR count). The first-order chi connectivity index (χ1) is 7.89. The van der Waals surface area contributed by atoms with E-state index in [9.17, 15) is 13.2 Å². The number of sulfone groups is 1. The predicted molar refractivity (Wildman–Crippen MR) is 64.6 cm³/mol. The summed E-state index contributed by atoms with van der Waals surface area (Å²) in [4.78, 5) is 13.6. The summed E-state index contributed by atoms with van der Waals surface area (Å²) in [5, 5.41) is 5.99. The second-order valence-electron chi connectivity index (χ2n) is 5.00. The molecule has 0 aliphatic carbocycles. The number of hydrogen-bond donors (Lipinski definition) is 2. The topological polar surface area (TPSA) is 78.5 Å². The molecule has 0 bridgehead atoms. The van der Waals surface area contributed by atoms with Gasteiger partial charge in [0.05, 0.1) is 17.5 Å². The van der Waals surface area contributed by atoms with E-state index in [1.165, 1.54) is 0 Å². The second-order valence-corrected chi connectivity index (χ2v) is 7.16. The molecule has 2 heterocycles. The van der Waals surface area contributed by atoms with Gasteiger partial charge in [0, 0.05) is 25.2 Å². The average molecular weight is 261 g/mol. The van der Waals surface area contributed by atoms with Crippen LogP contribution >= 0.6 is 0 Å². The van der Waals surface area contributed by atoms with Crippen molar-refractivity contribution in [2.45, 2.75) is 32.0 Å². The molecule has 2 N–H and O–H groups in total. The third kappa shape index (κ3) is 2.71. The van der Waals surface area contributed by atoms with Gasteiger partial charge in [-0.05, 0) is 13.8 Å². The maximum Gasteiger partial charge on any atom is 0.317 e. The maximum absolute atomic E-state index is 12.0. The molecule has 2 aliphatic rings. The Balaban J connectivity index is 2.10. The summed E-state index contributed by atoms with van der Waals surface area (Å²) in [6.45, 7) is 5.00. The summed E-state index contributed by atoms with van der Waals surface area (Å²) in [6.07, 6.45) is 0. The van der Waals surface area contributed by atoms with E-state index < -0.39 is 9.84 Å². The Morgan fingerprint density at radius 3 is 2.76 bits per heavy atom. The molecule has 2 fully saturated rings. The lowest BCUT2D eigenvalue weighted by Crippen LogP contribution is -2.61. The van der Waals surface area contributed by atoms with Gasteiger partial charge in [0.1, 0.15) is 0 Å². The van der Waals surface area contributed by atoms with Gasteiger partial charge in [-0.25, -0.2) is 13.2 Å². The zero-order valence-corrected chi connectivity index (χ0v) is 11.0. The van der Waals surface area contributed by atoms with Crippen LogP contribution in [-0.2, 0) is 9.84 Å². The molecule has 6 nitrogen and oxygen atoms in total. The standard InChI is InChI=1S/C10H19N3O3S/c1-7(2)12-10(14)13-4-3-11-8-5-17(15,16)6-9(8)13/h7-9,11H,3-6H2,1-2H3,(H,12,14)/t8-,9+/m1/s1. The molecule has 17 heavy (non-hydrogen) atoms. The fourth-order valence-corrected chi connectivity index (χ4v) is 4.41. The minimum absolute atomic E-state index is 0.0637. The van der Waals surface area contributed by atoms with Crippen LogP contribution in [0.15, 0.2) is 0 Å². The van der Waals surface area contributed by atoms with Crippen LogP contribution < -0.4 is 10.6 Å². The van der Waals surface area contributed by atoms with Crippen molar-refractivity contribution in [3.05, 3.63) is 0 Å². The number of hydrogen-bond acceptors (Lipinski definition) is 4. The van der Waals surface area contributed by atoms with Gasteiger partial charge < -0.3 is 15.5 Å². The normalized spacial score (nSPS) is 31.4. The van der Waals surface area contributed by atoms with Gasteiger partial charge in [0.15, 0.2) is 9.84 Å². The fourth-order valence-electron chi connectivity index (χ4n) is 2.45. The Labute approximate surface area is 102 Å². The Kier molecular flexibility index (Phi) is 3.31. The largest absolute Gasteiger partial charge is 0.336 e. The number of amides is 2. The molecule has 0 saturated carbocycles. The second kappa shape index (κ2) is 4.45. The highest BCUT2D eigenvalue weighted by molar-refractivity contribution is 7.91. The number of nitrogens with zero attached hydrogens (tertiary/aromatic N) is 1. The summed E-state index contributed by atoms with van der Waals surface area (Å²) in [6, 6.07) is -0.415. The van der Waals surface area contributed by atoms with E-state index in [4.69, 9.17) is 0 Å². The van der Waals surface area contributed by atoms with Gasteiger partial charge in [-0.2, -0.15) is 0 Å². The van der Waals surface area contributed by atoms with E-state index in [0.29, 0.717) is 13.1 Å². The molecule has 0 unspecified atom stereocenters. The van der Waals surface area contributed by atoms with Crippen molar-refractivity contribution in [3.63, 3.8) is 0 Å². The van der Waals surface area contributed by atoms with E-state index in [2.05, 4.69) is 10.6 Å². The van der Waals surface area contributed by atoms with E-state index >= 15 is 0 Å². The van der Waals surface area contributed by atoms with Crippen LogP contribution in [0.5, 0.6) is 0 Å². The van der Waals surface area contributed by atoms with Gasteiger partial charge in [-0.1, -0.05) is 0 Å². The molecule has 0 spiro atoms. The Morgan fingerprint density at radius 1 is 1.41 bits per heavy atom. The monoisotopic (exact) mass is 261 g/mol. The van der Waals surface area contributed by atoms with Crippen molar-refractivity contribution in [2.24, 2.45) is 0 Å². The van der Waals surface area contributed by atoms with Crippen molar-refractivity contribution in [3.8, 4) is 0 Å². The molecule has 2 aliphatic heterocycles. The minimum Gasteiger partial charge on any atom is -0.336 e. The first-order valence-electron chi connectivity index (χ1n) is 5.90. The molecule has 0 radical (unpaired) electrons. The average Bonchev–Trinajstić information content (AvgIpc) is 2.49. The molecule has 0 aromatic carbocycles. The highest BCUT2D eigenvalue weighted by atomic mass is 32.2. The number of carbonyl (C=O) groups is 1. The Morgan fingerprint density at radius 2 is 2.12 bits per heavy atom. The molecule has 2 saturated heterocycles. The van der Waals surface area contributed by atoms with Gasteiger partial charge in [-0.3, -0.25) is 0 Å². The Bertz CT molecular complexity index is 407. The quantitative estimate of drug-likeness (QED) is 0.646. The zero-order chi connectivity index (χ0) is 12.6. The van der Waals surface area contributed by atoms with E-state index in [1.807, 2.05) is 13.8 Å². The van der Waals surface area contributed by atoms with Gasteiger partial charge >= 0.3 is 6.03 Å². The van der Waals surface area contributed by atoms with Gasteiger partial charge in [0.2, 0.25) is 0 Å². The van der Waals surface area contributed by atoms with Crippen LogP contribution in [-0.4, -0.2) is 62.1 Å². The molecule has 98 valence electrons. The molecule has 2 amide bonds. The Hall–Kier alpha value is -0.820. The smallest absolute Gasteiger partial charge is 0.317 e. The summed E-state index contributed by atoms with van der Waals surface area (Å²) in [5.74, 6) is 0.222. The lowest BCUT2D eigenvalue weighted by atomic mass is 10.1.